The molecule has 0 aliphatic carbocycles. The molecule has 1 saturated heterocycles. The van der Waals surface area contributed by atoms with Crippen LogP contribution >= 0.6 is 0 Å². The molecule has 2 N–H and O–H groups in total. The molecule has 0 bridgehead atoms. The van der Waals surface area contributed by atoms with Crippen molar-refractivity contribution in [3.05, 3.63) is 111 Å². The molecule has 9 nitrogen and oxygen atoms in total. The minimum Gasteiger partial charge on any atom is -0.507 e. The van der Waals surface area contributed by atoms with Gasteiger partial charge in [-0.2, -0.15) is 0 Å². The summed E-state index contributed by atoms with van der Waals surface area (Å²) in [5, 5.41) is 31.2. The lowest BCUT2D eigenvalue weighted by Gasteiger charge is -2.25. The second kappa shape index (κ2) is 8.39. The van der Waals surface area contributed by atoms with Crippen molar-refractivity contribution < 1.29 is 29.5 Å². The molecule has 0 spiro atoms. The monoisotopic (exact) mass is 444 g/mol. The number of benzene rings is 3. The summed E-state index contributed by atoms with van der Waals surface area (Å²) in [5.74, 6) is -3.39. The predicted molar refractivity (Wildman–Crippen MR) is 118 cm³/mol. The minimum absolute atomic E-state index is 0.00786. The molecule has 0 unspecified atom stereocenters. The molecular formula is C24H16N2O7. The molecule has 9 heteroatoms. The van der Waals surface area contributed by atoms with E-state index in [1.54, 1.807) is 30.3 Å². The van der Waals surface area contributed by atoms with Crippen molar-refractivity contribution in [3.8, 4) is 0 Å². The van der Waals surface area contributed by atoms with E-state index in [0.717, 1.165) is 4.90 Å². The maximum Gasteiger partial charge on any atom is 0.335 e. The summed E-state index contributed by atoms with van der Waals surface area (Å²) in [5.41, 5.74) is 0.555. The van der Waals surface area contributed by atoms with Crippen LogP contribution in [0.5, 0.6) is 0 Å². The number of hydrogen-bond acceptors (Lipinski definition) is 6. The Morgan fingerprint density at radius 2 is 1.45 bits per heavy atom. The van der Waals surface area contributed by atoms with Gasteiger partial charge in [0.05, 0.1) is 22.1 Å². The third-order valence-electron chi connectivity index (χ3n) is 5.30. The Bertz CT molecular complexity index is 1300. The number of aromatic carboxylic acids is 1. The van der Waals surface area contributed by atoms with Crippen molar-refractivity contribution >= 4 is 34.8 Å². The Kier molecular flexibility index (Phi) is 5.45. The van der Waals surface area contributed by atoms with Crippen molar-refractivity contribution in [1.82, 2.24) is 0 Å². The normalized spacial score (nSPS) is 17.2. The number of anilines is 1. The van der Waals surface area contributed by atoms with E-state index in [4.69, 9.17) is 5.11 Å². The average Bonchev–Trinajstić information content (AvgIpc) is 3.09. The highest BCUT2D eigenvalue weighted by molar-refractivity contribution is 6.51. The third kappa shape index (κ3) is 3.83. The number of carbonyl (C=O) groups is 3. The number of aliphatic hydroxyl groups excluding tert-OH is 1. The number of carbonyl (C=O) groups excluding carboxylic acids is 2. The molecule has 4 rings (SSSR count). The van der Waals surface area contributed by atoms with Gasteiger partial charge in [-0.15, -0.1) is 0 Å². The number of rotatable bonds is 5. The molecule has 0 radical (unpaired) electrons. The van der Waals surface area contributed by atoms with Crippen LogP contribution in [0.1, 0.15) is 27.5 Å². The Morgan fingerprint density at radius 3 is 2.00 bits per heavy atom. The van der Waals surface area contributed by atoms with E-state index in [1.165, 1.54) is 48.5 Å². The van der Waals surface area contributed by atoms with Gasteiger partial charge in [0, 0.05) is 23.4 Å². The maximum atomic E-state index is 13.0. The Hall–Kier alpha value is -4.79. The topological polar surface area (TPSA) is 138 Å². The number of nitrogens with zero attached hydrogens (tertiary/aromatic N) is 2. The number of Topliss-reactive ketones (excluding diaryl/α,β-unsaturated/α-hetero) is 1. The predicted octanol–water partition coefficient (Wildman–Crippen LogP) is 3.92. The highest BCUT2D eigenvalue weighted by Crippen LogP contribution is 2.42. The van der Waals surface area contributed by atoms with Crippen molar-refractivity contribution in [2.24, 2.45) is 0 Å². The number of ketones is 1. The number of carboxylic acid groups (broad SMARTS) is 1. The summed E-state index contributed by atoms with van der Waals surface area (Å²) in [6.45, 7) is 0. The van der Waals surface area contributed by atoms with Crippen LogP contribution in [0.15, 0.2) is 84.4 Å². The molecule has 1 heterocycles. The molecule has 33 heavy (non-hydrogen) atoms. The number of nitro benzene ring substituents is 1. The zero-order valence-electron chi connectivity index (χ0n) is 16.9. The van der Waals surface area contributed by atoms with E-state index < -0.39 is 28.6 Å². The van der Waals surface area contributed by atoms with Crippen molar-refractivity contribution in [1.29, 1.82) is 0 Å². The summed E-state index contributed by atoms with van der Waals surface area (Å²) in [6, 6.07) is 17.8. The summed E-state index contributed by atoms with van der Waals surface area (Å²) < 4.78 is 0. The molecule has 0 aromatic heterocycles. The largest absolute Gasteiger partial charge is 0.507 e. The van der Waals surface area contributed by atoms with E-state index in [0.29, 0.717) is 11.1 Å². The highest BCUT2D eigenvalue weighted by Gasteiger charge is 2.47. The van der Waals surface area contributed by atoms with Crippen LogP contribution in [0.25, 0.3) is 5.76 Å². The standard InChI is InChI=1S/C24H16N2O7/c27-21(15-4-2-1-3-5-15)19-20(14-6-12-18(13-7-14)26(32)33)25(23(29)22(19)28)17-10-8-16(9-11-17)24(30)31/h1-13,20,27H,(H,30,31)/b21-19+/t20-/m1/s1. The molecule has 164 valence electrons. The van der Waals surface area contributed by atoms with Crippen LogP contribution < -0.4 is 4.90 Å². The minimum atomic E-state index is -1.15. The first-order chi connectivity index (χ1) is 15.8. The molecule has 3 aromatic rings. The summed E-state index contributed by atoms with van der Waals surface area (Å²) in [7, 11) is 0. The lowest BCUT2D eigenvalue weighted by molar-refractivity contribution is -0.384. The number of carboxylic acids is 1. The maximum absolute atomic E-state index is 13.0. The van der Waals surface area contributed by atoms with Gasteiger partial charge in [-0.3, -0.25) is 24.6 Å². The summed E-state index contributed by atoms with van der Waals surface area (Å²) in [6.07, 6.45) is 0. The molecule has 0 saturated carbocycles. The number of hydrogen-bond donors (Lipinski definition) is 2. The van der Waals surface area contributed by atoms with Gasteiger partial charge in [0.15, 0.2) is 0 Å². The van der Waals surface area contributed by atoms with Gasteiger partial charge >= 0.3 is 5.97 Å². The molecule has 3 aromatic carbocycles. The van der Waals surface area contributed by atoms with Gasteiger partial charge in [-0.25, -0.2) is 4.79 Å². The summed E-state index contributed by atoms with van der Waals surface area (Å²) >= 11 is 0. The molecule has 1 amide bonds. The quantitative estimate of drug-likeness (QED) is 0.200. The lowest BCUT2D eigenvalue weighted by Crippen LogP contribution is -2.29. The average molecular weight is 444 g/mol. The zero-order chi connectivity index (χ0) is 23.7. The SMILES string of the molecule is O=C1C(=O)N(c2ccc(C(=O)O)cc2)[C@H](c2ccc([N+](=O)[O-])cc2)/C1=C(\O)c1ccccc1. The van der Waals surface area contributed by atoms with Crippen LogP contribution in [-0.2, 0) is 9.59 Å². The third-order valence-corrected chi connectivity index (χ3v) is 5.30. The molecule has 1 fully saturated rings. The number of nitro groups is 1. The van der Waals surface area contributed by atoms with Gasteiger partial charge in [0.2, 0.25) is 0 Å². The molecule has 1 atom stereocenters. The van der Waals surface area contributed by atoms with Gasteiger partial charge in [-0.1, -0.05) is 30.3 Å². The molecular weight excluding hydrogens is 428 g/mol. The smallest absolute Gasteiger partial charge is 0.335 e. The Morgan fingerprint density at radius 1 is 0.848 bits per heavy atom. The second-order valence-electron chi connectivity index (χ2n) is 7.24. The summed E-state index contributed by atoms with van der Waals surface area (Å²) in [4.78, 5) is 48.9. The Balaban J connectivity index is 1.91. The number of non-ortho nitro benzene ring substituents is 1. The van der Waals surface area contributed by atoms with E-state index in [-0.39, 0.29) is 28.3 Å². The zero-order valence-corrected chi connectivity index (χ0v) is 16.9. The van der Waals surface area contributed by atoms with Crippen LogP contribution in [-0.4, -0.2) is 32.8 Å². The van der Waals surface area contributed by atoms with E-state index >= 15 is 0 Å². The van der Waals surface area contributed by atoms with Crippen molar-refractivity contribution in [3.63, 3.8) is 0 Å². The van der Waals surface area contributed by atoms with Crippen LogP contribution in [0.4, 0.5) is 11.4 Å². The fourth-order valence-electron chi connectivity index (χ4n) is 3.71. The van der Waals surface area contributed by atoms with Gasteiger partial charge < -0.3 is 10.2 Å². The fraction of sp³-hybridized carbons (Fsp3) is 0.0417. The van der Waals surface area contributed by atoms with E-state index in [1.807, 2.05) is 0 Å². The fourth-order valence-corrected chi connectivity index (χ4v) is 3.71. The van der Waals surface area contributed by atoms with Gasteiger partial charge in [-0.05, 0) is 42.0 Å². The lowest BCUT2D eigenvalue weighted by atomic mass is 9.95. The van der Waals surface area contributed by atoms with Crippen LogP contribution in [0, 0.1) is 10.1 Å². The van der Waals surface area contributed by atoms with Crippen LogP contribution in [0.3, 0.4) is 0 Å². The van der Waals surface area contributed by atoms with Crippen molar-refractivity contribution in [2.45, 2.75) is 6.04 Å². The first kappa shape index (κ1) is 21.4. The first-order valence-electron chi connectivity index (χ1n) is 9.73. The van der Waals surface area contributed by atoms with Crippen molar-refractivity contribution in [2.75, 3.05) is 4.90 Å². The Labute approximate surface area is 187 Å². The van der Waals surface area contributed by atoms with Gasteiger partial charge in [0.1, 0.15) is 5.76 Å². The van der Waals surface area contributed by atoms with E-state index in [9.17, 15) is 29.6 Å². The van der Waals surface area contributed by atoms with E-state index in [2.05, 4.69) is 0 Å². The number of amides is 1. The first-order valence-corrected chi connectivity index (χ1v) is 9.73. The highest BCUT2D eigenvalue weighted by atomic mass is 16.6. The molecule has 1 aliphatic rings. The number of aliphatic hydroxyl groups is 1. The second-order valence-corrected chi connectivity index (χ2v) is 7.24. The van der Waals surface area contributed by atoms with Gasteiger partial charge in [0.25, 0.3) is 17.4 Å². The van der Waals surface area contributed by atoms with Crippen LogP contribution in [0.2, 0.25) is 0 Å². The molecule has 1 aliphatic heterocycles.